The lowest BCUT2D eigenvalue weighted by molar-refractivity contribution is -0.148. The molecule has 0 radical (unpaired) electrons. The lowest BCUT2D eigenvalue weighted by atomic mass is 9.76. The Morgan fingerprint density at radius 2 is 1.79 bits per heavy atom. The number of nitrogens with zero attached hydrogens (tertiary/aromatic N) is 2. The summed E-state index contributed by atoms with van der Waals surface area (Å²) in [7, 11) is -4.38. The van der Waals surface area contributed by atoms with Gasteiger partial charge < -0.3 is 23.3 Å². The molecule has 280 valence electrons. The summed E-state index contributed by atoms with van der Waals surface area (Å²) in [6.45, 7) is 14.6. The van der Waals surface area contributed by atoms with Crippen LogP contribution in [0, 0.1) is 5.82 Å². The highest BCUT2D eigenvalue weighted by atomic mass is 35.5. The molecule has 11 nitrogen and oxygen atoms in total. The van der Waals surface area contributed by atoms with E-state index in [4.69, 9.17) is 30.4 Å². The molecule has 5 rings (SSSR count). The smallest absolute Gasteiger partial charge is 0.495 e. The van der Waals surface area contributed by atoms with Gasteiger partial charge in [-0.25, -0.2) is 21.8 Å². The normalized spacial score (nSPS) is 17.0. The molecule has 0 spiro atoms. The van der Waals surface area contributed by atoms with Crippen molar-refractivity contribution in [2.24, 2.45) is 0 Å². The molecule has 16 heteroatoms. The molecule has 0 aliphatic carbocycles. The number of pyridine rings is 1. The number of carbonyl (C=O) groups is 1. The molecule has 2 aromatic heterocycles. The molecule has 1 unspecified atom stereocenters. The highest BCUT2D eigenvalue weighted by molar-refractivity contribution is 7.90. The fourth-order valence-electron chi connectivity index (χ4n) is 5.49. The number of carbonyl (C=O) groups excluding carboxylic acids is 1. The van der Waals surface area contributed by atoms with Gasteiger partial charge in [-0.3, -0.25) is 4.79 Å². The number of benzene rings is 2. The zero-order valence-electron chi connectivity index (χ0n) is 30.7. The quantitative estimate of drug-likeness (QED) is 0.105. The van der Waals surface area contributed by atoms with Gasteiger partial charge >= 0.3 is 13.1 Å². The van der Waals surface area contributed by atoms with Crippen LogP contribution in [0.15, 0.2) is 54.7 Å². The zero-order valence-corrected chi connectivity index (χ0v) is 33.1. The minimum Gasteiger partial charge on any atom is -0.598 e. The predicted molar refractivity (Wildman–Crippen MR) is 201 cm³/mol. The molecule has 1 N–H and O–H groups in total. The second kappa shape index (κ2) is 14.9. The van der Waals surface area contributed by atoms with Crippen molar-refractivity contribution in [3.05, 3.63) is 88.1 Å². The number of aromatic nitrogens is 2. The molecule has 52 heavy (non-hydrogen) atoms. The lowest BCUT2D eigenvalue weighted by Gasteiger charge is -2.32. The number of para-hydroxylation sites is 1. The topological polar surface area (TPSA) is 141 Å². The summed E-state index contributed by atoms with van der Waals surface area (Å²) < 4.78 is 80.5. The molecule has 2 atom stereocenters. The van der Waals surface area contributed by atoms with Crippen LogP contribution in [0.3, 0.4) is 0 Å². The second-order valence-corrected chi connectivity index (χ2v) is 19.1. The molecular formula is C36H44BClFN3O8S2. The van der Waals surface area contributed by atoms with E-state index in [1.165, 1.54) is 16.2 Å². The Balaban J connectivity index is 1.33. The molecular weight excluding hydrogens is 732 g/mol. The van der Waals surface area contributed by atoms with Crippen LogP contribution < -0.4 is 14.9 Å². The summed E-state index contributed by atoms with van der Waals surface area (Å²) in [4.78, 5) is 17.5. The molecule has 1 fully saturated rings. The average molecular weight is 776 g/mol. The van der Waals surface area contributed by atoms with E-state index in [0.717, 1.165) is 6.26 Å². The molecule has 3 heterocycles. The Kier molecular flexibility index (Phi) is 11.5. The summed E-state index contributed by atoms with van der Waals surface area (Å²) in [5.74, 6) is -0.916. The van der Waals surface area contributed by atoms with Crippen LogP contribution in [-0.4, -0.2) is 57.2 Å². The molecule has 0 saturated carbocycles. The first-order valence-corrected chi connectivity index (χ1v) is 20.1. The zero-order chi connectivity index (χ0) is 38.4. The van der Waals surface area contributed by atoms with E-state index in [0.29, 0.717) is 33.2 Å². The Morgan fingerprint density at radius 1 is 1.13 bits per heavy atom. The van der Waals surface area contributed by atoms with Crippen molar-refractivity contribution in [3.8, 4) is 5.75 Å². The largest absolute Gasteiger partial charge is 0.598 e. The van der Waals surface area contributed by atoms with E-state index in [-0.39, 0.29) is 36.0 Å². The van der Waals surface area contributed by atoms with Crippen LogP contribution in [0.5, 0.6) is 5.75 Å². The fourth-order valence-corrected chi connectivity index (χ4v) is 7.21. The number of ether oxygens (including phenoxy) is 2. The highest BCUT2D eigenvalue weighted by Gasteiger charge is 2.52. The number of halogens is 2. The number of hydrogen-bond donors (Lipinski definition) is 1. The van der Waals surface area contributed by atoms with Gasteiger partial charge in [0.25, 0.3) is 0 Å². The van der Waals surface area contributed by atoms with Crippen molar-refractivity contribution in [3.63, 3.8) is 0 Å². The third-order valence-corrected chi connectivity index (χ3v) is 11.9. The lowest BCUT2D eigenvalue weighted by Crippen LogP contribution is -2.41. The second-order valence-electron chi connectivity index (χ2n) is 14.8. The van der Waals surface area contributed by atoms with E-state index in [1.54, 1.807) is 64.1 Å². The number of fused-ring (bicyclic) bond motifs is 1. The standard InChI is InChI=1S/C36H44BClFN3O8S2/c1-22(28-19-27(38)33(39)29(41-28)20-40-51(44)34(2,3)4)48-32(43)18-24-12-10-11-13-31(24)47-21-23-16-26(37-49-35(5,6)36(7,8)50-37)25-14-15-42(30(25)17-23)52(9,45)46/h10-17,19,22,40H,18,20-21H2,1-9H3/t22?,51-/m0/s1. The van der Waals surface area contributed by atoms with E-state index < -0.39 is 62.3 Å². The van der Waals surface area contributed by atoms with E-state index in [1.807, 2.05) is 33.8 Å². The van der Waals surface area contributed by atoms with Gasteiger partial charge in [-0.05, 0) is 90.7 Å². The van der Waals surface area contributed by atoms with Crippen LogP contribution in [0.2, 0.25) is 5.02 Å². The maximum atomic E-state index is 14.8. The summed E-state index contributed by atoms with van der Waals surface area (Å²) >= 11 is 4.68. The van der Waals surface area contributed by atoms with Gasteiger partial charge in [0.05, 0.1) is 52.4 Å². The van der Waals surface area contributed by atoms with Gasteiger partial charge in [0, 0.05) is 28.5 Å². The number of hydrogen-bond acceptors (Lipinski definition) is 10. The molecule has 4 aromatic rings. The van der Waals surface area contributed by atoms with Crippen molar-refractivity contribution in [2.75, 3.05) is 6.26 Å². The van der Waals surface area contributed by atoms with Gasteiger partial charge in [0.2, 0.25) is 10.0 Å². The third kappa shape index (κ3) is 8.78. The Bertz CT molecular complexity index is 2070. The van der Waals surface area contributed by atoms with Gasteiger partial charge in [0.1, 0.15) is 23.2 Å². The monoisotopic (exact) mass is 775 g/mol. The van der Waals surface area contributed by atoms with Crippen LogP contribution in [0.1, 0.15) is 84.0 Å². The third-order valence-electron chi connectivity index (χ3n) is 9.08. The van der Waals surface area contributed by atoms with Gasteiger partial charge in [-0.1, -0.05) is 35.9 Å². The summed E-state index contributed by atoms with van der Waals surface area (Å²) in [6.07, 6.45) is 1.61. The molecule has 1 saturated heterocycles. The van der Waals surface area contributed by atoms with Crippen molar-refractivity contribution in [2.45, 2.75) is 97.0 Å². The van der Waals surface area contributed by atoms with Crippen LogP contribution in [0.25, 0.3) is 10.9 Å². The molecule has 1 aliphatic rings. The summed E-state index contributed by atoms with van der Waals surface area (Å²) in [6, 6.07) is 13.6. The molecule has 1 aliphatic heterocycles. The van der Waals surface area contributed by atoms with Crippen molar-refractivity contribution < 1.29 is 40.9 Å². The maximum absolute atomic E-state index is 14.8. The molecule has 0 bridgehead atoms. The molecule has 0 amide bonds. The van der Waals surface area contributed by atoms with Gasteiger partial charge in [-0.2, -0.15) is 0 Å². The van der Waals surface area contributed by atoms with Crippen molar-refractivity contribution >= 4 is 62.4 Å². The Hall–Kier alpha value is -3.18. The minimum atomic E-state index is -3.63. The molecule has 2 aromatic carbocycles. The summed E-state index contributed by atoms with van der Waals surface area (Å²) in [5, 5.41) is 0.471. The number of nitrogens with one attached hydrogen (secondary N) is 1. The van der Waals surface area contributed by atoms with E-state index >= 15 is 0 Å². The average Bonchev–Trinajstić information content (AvgIpc) is 3.57. The van der Waals surface area contributed by atoms with E-state index in [9.17, 15) is 22.2 Å². The number of esters is 1. The fraction of sp³-hybridized carbons (Fsp3) is 0.444. The van der Waals surface area contributed by atoms with E-state index in [2.05, 4.69) is 9.71 Å². The Labute approximate surface area is 313 Å². The number of rotatable bonds is 12. The first-order valence-electron chi connectivity index (χ1n) is 16.7. The predicted octanol–water partition coefficient (Wildman–Crippen LogP) is 5.91. The summed E-state index contributed by atoms with van der Waals surface area (Å²) in [5.41, 5.74) is 1.27. The minimum absolute atomic E-state index is 0.0364. The van der Waals surface area contributed by atoms with Crippen molar-refractivity contribution in [1.82, 2.24) is 13.7 Å². The van der Waals surface area contributed by atoms with Crippen LogP contribution in [-0.2, 0) is 59.8 Å². The Morgan fingerprint density at radius 3 is 2.42 bits per heavy atom. The van der Waals surface area contributed by atoms with Crippen LogP contribution >= 0.6 is 11.6 Å². The SMILES string of the molecule is CC(OC(=O)Cc1ccccc1OCc1cc(B2OC(C)(C)C(C)(C)O2)c2ccn(S(C)(=O)=O)c2c1)c1cc(Cl)c(F)c(CN[S@@+]([O-])C(C)(C)C)n1. The van der Waals surface area contributed by atoms with Crippen molar-refractivity contribution in [1.29, 1.82) is 0 Å². The highest BCUT2D eigenvalue weighted by Crippen LogP contribution is 2.37. The first kappa shape index (κ1) is 40.0. The van der Waals surface area contributed by atoms with Gasteiger partial charge in [-0.15, -0.1) is 4.72 Å². The maximum Gasteiger partial charge on any atom is 0.495 e. The first-order chi connectivity index (χ1) is 24.1. The van der Waals surface area contributed by atoms with Gasteiger partial charge in [0.15, 0.2) is 5.82 Å². The van der Waals surface area contributed by atoms with Crippen LogP contribution in [0.4, 0.5) is 4.39 Å².